The summed E-state index contributed by atoms with van der Waals surface area (Å²) in [4.78, 5) is 26.4. The molecule has 1 amide bonds. The zero-order valence-corrected chi connectivity index (χ0v) is 19.9. The van der Waals surface area contributed by atoms with Crippen molar-refractivity contribution in [2.24, 2.45) is 0 Å². The van der Waals surface area contributed by atoms with Crippen molar-refractivity contribution in [3.05, 3.63) is 78.4 Å². The van der Waals surface area contributed by atoms with E-state index in [1.807, 2.05) is 48.5 Å². The fraction of sp³-hybridized carbons (Fsp3) is 0.154. The van der Waals surface area contributed by atoms with Crippen LogP contribution in [0.2, 0.25) is 0 Å². The molecule has 0 aromatic heterocycles. The lowest BCUT2D eigenvalue weighted by Crippen LogP contribution is -2.20. The van der Waals surface area contributed by atoms with E-state index < -0.39 is 18.5 Å². The zero-order valence-electron chi connectivity index (χ0n) is 19.1. The van der Waals surface area contributed by atoms with E-state index in [0.717, 1.165) is 9.79 Å². The standard InChI is InChI=1S/C26H25NO6S/c1-30-21-15-18(16-22(31-2)26(21)32-3)13-14-25(29)33-17-24(28)27-20-11-7-8-12-23(20)34-19-9-5-4-6-10-19/h4-16H,17H2,1-3H3,(H,27,28)/b14-13+. The number of carbonyl (C=O) groups excluding carboxylic acids is 2. The molecule has 0 unspecified atom stereocenters. The zero-order chi connectivity index (χ0) is 24.3. The van der Waals surface area contributed by atoms with E-state index in [0.29, 0.717) is 28.5 Å². The molecule has 3 rings (SSSR count). The lowest BCUT2D eigenvalue weighted by Gasteiger charge is -2.12. The Labute approximate surface area is 202 Å². The van der Waals surface area contributed by atoms with Crippen LogP contribution in [0.4, 0.5) is 5.69 Å². The lowest BCUT2D eigenvalue weighted by molar-refractivity contribution is -0.142. The van der Waals surface area contributed by atoms with Crippen LogP contribution in [0.15, 0.2) is 82.6 Å². The molecule has 0 fully saturated rings. The fourth-order valence-electron chi connectivity index (χ4n) is 3.01. The summed E-state index contributed by atoms with van der Waals surface area (Å²) in [5.74, 6) is 0.279. The Hall–Kier alpha value is -3.91. The van der Waals surface area contributed by atoms with Gasteiger partial charge < -0.3 is 24.3 Å². The van der Waals surface area contributed by atoms with Crippen LogP contribution >= 0.6 is 11.8 Å². The van der Waals surface area contributed by atoms with Gasteiger partial charge in [0, 0.05) is 15.9 Å². The molecule has 8 heteroatoms. The van der Waals surface area contributed by atoms with Crippen molar-refractivity contribution in [3.63, 3.8) is 0 Å². The highest BCUT2D eigenvalue weighted by Crippen LogP contribution is 2.38. The largest absolute Gasteiger partial charge is 0.493 e. The van der Waals surface area contributed by atoms with Gasteiger partial charge in [0.1, 0.15) is 0 Å². The van der Waals surface area contributed by atoms with E-state index in [1.165, 1.54) is 45.2 Å². The Balaban J connectivity index is 1.58. The van der Waals surface area contributed by atoms with Crippen LogP contribution in [-0.2, 0) is 14.3 Å². The third-order valence-electron chi connectivity index (χ3n) is 4.58. The van der Waals surface area contributed by atoms with Crippen molar-refractivity contribution in [2.45, 2.75) is 9.79 Å². The minimum absolute atomic E-state index is 0.414. The smallest absolute Gasteiger partial charge is 0.331 e. The molecule has 3 aromatic carbocycles. The molecular weight excluding hydrogens is 454 g/mol. The molecule has 0 saturated carbocycles. The predicted octanol–water partition coefficient (Wildman–Crippen LogP) is 5.06. The van der Waals surface area contributed by atoms with Gasteiger partial charge in [0.2, 0.25) is 5.75 Å². The highest BCUT2D eigenvalue weighted by atomic mass is 32.2. The van der Waals surface area contributed by atoms with E-state index in [4.69, 9.17) is 18.9 Å². The van der Waals surface area contributed by atoms with Gasteiger partial charge in [0.25, 0.3) is 5.91 Å². The van der Waals surface area contributed by atoms with Crippen molar-refractivity contribution >= 4 is 35.4 Å². The molecule has 0 aliphatic heterocycles. The molecule has 0 radical (unpaired) electrons. The monoisotopic (exact) mass is 479 g/mol. The second kappa shape index (κ2) is 12.4. The molecule has 0 aliphatic carbocycles. The minimum Gasteiger partial charge on any atom is -0.493 e. The van der Waals surface area contributed by atoms with Crippen molar-refractivity contribution in [3.8, 4) is 17.2 Å². The molecule has 7 nitrogen and oxygen atoms in total. The number of anilines is 1. The van der Waals surface area contributed by atoms with E-state index in [-0.39, 0.29) is 0 Å². The first-order valence-corrected chi connectivity index (χ1v) is 11.1. The number of carbonyl (C=O) groups is 2. The quantitative estimate of drug-likeness (QED) is 0.321. The van der Waals surface area contributed by atoms with Crippen LogP contribution in [0.1, 0.15) is 5.56 Å². The summed E-state index contributed by atoms with van der Waals surface area (Å²) in [6.07, 6.45) is 2.77. The molecule has 0 saturated heterocycles. The summed E-state index contributed by atoms with van der Waals surface area (Å²) in [5.41, 5.74) is 1.29. The maximum absolute atomic E-state index is 12.4. The van der Waals surface area contributed by atoms with Gasteiger partial charge in [-0.2, -0.15) is 0 Å². The molecular formula is C26H25NO6S. The Morgan fingerprint density at radius 1 is 0.882 bits per heavy atom. The maximum atomic E-state index is 12.4. The number of nitrogens with one attached hydrogen (secondary N) is 1. The number of rotatable bonds is 10. The van der Waals surface area contributed by atoms with E-state index >= 15 is 0 Å². The molecule has 0 heterocycles. The molecule has 0 atom stereocenters. The number of benzene rings is 3. The third-order valence-corrected chi connectivity index (χ3v) is 5.66. The number of hydrogen-bond acceptors (Lipinski definition) is 7. The average molecular weight is 480 g/mol. The van der Waals surface area contributed by atoms with Gasteiger partial charge >= 0.3 is 5.97 Å². The van der Waals surface area contributed by atoms with Gasteiger partial charge in [-0.3, -0.25) is 4.79 Å². The Morgan fingerprint density at radius 2 is 1.53 bits per heavy atom. The van der Waals surface area contributed by atoms with E-state index in [9.17, 15) is 9.59 Å². The van der Waals surface area contributed by atoms with E-state index in [2.05, 4.69) is 5.32 Å². The second-order valence-corrected chi connectivity index (χ2v) is 7.97. The SMILES string of the molecule is COc1cc(/C=C/C(=O)OCC(=O)Nc2ccccc2Sc2ccccc2)cc(OC)c1OC. The third kappa shape index (κ3) is 6.79. The van der Waals surface area contributed by atoms with Gasteiger partial charge in [-0.05, 0) is 48.0 Å². The van der Waals surface area contributed by atoms with Crippen LogP contribution < -0.4 is 19.5 Å². The number of ether oxygens (including phenoxy) is 4. The van der Waals surface area contributed by atoms with Crippen molar-refractivity contribution in [1.29, 1.82) is 0 Å². The fourth-order valence-corrected chi connectivity index (χ4v) is 3.93. The summed E-state index contributed by atoms with van der Waals surface area (Å²) in [6.45, 7) is -0.414. The Bertz CT molecular complexity index is 1140. The lowest BCUT2D eigenvalue weighted by atomic mass is 10.1. The van der Waals surface area contributed by atoms with Crippen molar-refractivity contribution in [2.75, 3.05) is 33.3 Å². The Kier molecular flexibility index (Phi) is 8.99. The topological polar surface area (TPSA) is 83.1 Å². The van der Waals surface area contributed by atoms with Crippen LogP contribution in [0.3, 0.4) is 0 Å². The van der Waals surface area contributed by atoms with Crippen LogP contribution in [0, 0.1) is 0 Å². The summed E-state index contributed by atoms with van der Waals surface area (Å²) in [6, 6.07) is 20.7. The first-order chi connectivity index (χ1) is 16.5. The predicted molar refractivity (Wildman–Crippen MR) is 132 cm³/mol. The number of esters is 1. The molecule has 0 aliphatic rings. The number of para-hydroxylation sites is 1. The highest BCUT2D eigenvalue weighted by Gasteiger charge is 2.13. The van der Waals surface area contributed by atoms with Gasteiger partial charge in [-0.1, -0.05) is 42.1 Å². The first kappa shape index (κ1) is 24.7. The number of methoxy groups -OCH3 is 3. The average Bonchev–Trinajstić information content (AvgIpc) is 2.87. The van der Waals surface area contributed by atoms with Crippen LogP contribution in [0.25, 0.3) is 6.08 Å². The number of amides is 1. The van der Waals surface area contributed by atoms with Crippen molar-refractivity contribution < 1.29 is 28.5 Å². The summed E-state index contributed by atoms with van der Waals surface area (Å²) in [7, 11) is 4.53. The summed E-state index contributed by atoms with van der Waals surface area (Å²) in [5, 5.41) is 2.79. The molecule has 0 bridgehead atoms. The minimum atomic E-state index is -0.657. The maximum Gasteiger partial charge on any atom is 0.331 e. The van der Waals surface area contributed by atoms with Gasteiger partial charge in [0.15, 0.2) is 18.1 Å². The highest BCUT2D eigenvalue weighted by molar-refractivity contribution is 7.99. The molecule has 1 N–H and O–H groups in total. The van der Waals surface area contributed by atoms with Crippen molar-refractivity contribution in [1.82, 2.24) is 0 Å². The summed E-state index contributed by atoms with van der Waals surface area (Å²) >= 11 is 1.53. The van der Waals surface area contributed by atoms with Gasteiger partial charge in [-0.25, -0.2) is 4.79 Å². The molecule has 0 spiro atoms. The summed E-state index contributed by atoms with van der Waals surface area (Å²) < 4.78 is 21.0. The van der Waals surface area contributed by atoms with Crippen LogP contribution in [0.5, 0.6) is 17.2 Å². The van der Waals surface area contributed by atoms with Crippen LogP contribution in [-0.4, -0.2) is 39.8 Å². The molecule has 34 heavy (non-hydrogen) atoms. The van der Waals surface area contributed by atoms with E-state index in [1.54, 1.807) is 18.2 Å². The molecule has 176 valence electrons. The number of hydrogen-bond donors (Lipinski definition) is 1. The second-order valence-electron chi connectivity index (χ2n) is 6.86. The first-order valence-electron chi connectivity index (χ1n) is 10.3. The Morgan fingerprint density at radius 3 is 2.18 bits per heavy atom. The normalized spacial score (nSPS) is 10.6. The van der Waals surface area contributed by atoms with Gasteiger partial charge in [0.05, 0.1) is 27.0 Å². The molecule has 3 aromatic rings. The van der Waals surface area contributed by atoms with Gasteiger partial charge in [-0.15, -0.1) is 0 Å².